The lowest BCUT2D eigenvalue weighted by Crippen LogP contribution is -2.36. The molecule has 1 aliphatic carbocycles. The Balaban J connectivity index is 1.43. The molecule has 1 atom stereocenters. The molecule has 7 heteroatoms. The number of piperidine rings is 1. The fraction of sp³-hybridized carbons (Fsp3) is 0.524. The van der Waals surface area contributed by atoms with Gasteiger partial charge in [-0.25, -0.2) is 4.98 Å². The van der Waals surface area contributed by atoms with Gasteiger partial charge in [0.25, 0.3) is 0 Å². The van der Waals surface area contributed by atoms with Crippen LogP contribution in [0.25, 0.3) is 10.2 Å². The van der Waals surface area contributed by atoms with Gasteiger partial charge in [0.05, 0.1) is 16.8 Å². The zero-order valence-corrected chi connectivity index (χ0v) is 17.3. The van der Waals surface area contributed by atoms with Crippen molar-refractivity contribution in [1.29, 1.82) is 0 Å². The second kappa shape index (κ2) is 6.83. The minimum Gasteiger partial charge on any atom is -0.337 e. The third-order valence-corrected chi connectivity index (χ3v) is 7.69. The lowest BCUT2D eigenvalue weighted by molar-refractivity contribution is 0.183. The number of thiazole rings is 1. The number of imidazole rings is 1. The second-order valence-electron chi connectivity index (χ2n) is 8.42. The summed E-state index contributed by atoms with van der Waals surface area (Å²) in [5, 5.41) is 3.51. The van der Waals surface area contributed by atoms with E-state index >= 15 is 0 Å². The van der Waals surface area contributed by atoms with Crippen molar-refractivity contribution in [3.63, 3.8) is 0 Å². The molecule has 28 heavy (non-hydrogen) atoms. The third kappa shape index (κ3) is 3.11. The van der Waals surface area contributed by atoms with Gasteiger partial charge in [-0.05, 0) is 55.5 Å². The van der Waals surface area contributed by atoms with Gasteiger partial charge in [0.2, 0.25) is 0 Å². The maximum atomic E-state index is 12.0. The summed E-state index contributed by atoms with van der Waals surface area (Å²) in [6, 6.07) is 7.09. The summed E-state index contributed by atoms with van der Waals surface area (Å²) in [7, 11) is 3.92. The largest absolute Gasteiger partial charge is 0.337 e. The number of benzene rings is 1. The van der Waals surface area contributed by atoms with Crippen molar-refractivity contribution in [2.45, 2.75) is 38.4 Å². The van der Waals surface area contributed by atoms with E-state index in [1.54, 1.807) is 4.57 Å². The summed E-state index contributed by atoms with van der Waals surface area (Å²) in [4.78, 5) is 19.3. The Morgan fingerprint density at radius 3 is 2.86 bits per heavy atom. The van der Waals surface area contributed by atoms with Crippen LogP contribution in [0.1, 0.15) is 30.7 Å². The van der Waals surface area contributed by atoms with Crippen LogP contribution < -0.4 is 10.2 Å². The number of rotatable bonds is 5. The summed E-state index contributed by atoms with van der Waals surface area (Å²) < 4.78 is 4.94. The van der Waals surface area contributed by atoms with Crippen LogP contribution in [0.5, 0.6) is 0 Å². The molecular weight excluding hydrogens is 370 g/mol. The van der Waals surface area contributed by atoms with Crippen molar-refractivity contribution in [3.8, 4) is 0 Å². The first-order chi connectivity index (χ1) is 13.6. The summed E-state index contributed by atoms with van der Waals surface area (Å²) in [5.41, 5.74) is 2.79. The van der Waals surface area contributed by atoms with Crippen molar-refractivity contribution < 1.29 is 0 Å². The van der Waals surface area contributed by atoms with Crippen molar-refractivity contribution in [1.82, 2.24) is 24.3 Å². The van der Waals surface area contributed by atoms with Crippen molar-refractivity contribution in [2.24, 2.45) is 19.5 Å². The zero-order valence-electron chi connectivity index (χ0n) is 16.5. The Bertz CT molecular complexity index is 1060. The average molecular weight is 398 g/mol. The van der Waals surface area contributed by atoms with Gasteiger partial charge in [-0.2, -0.15) is 0 Å². The minimum absolute atomic E-state index is 0.105. The summed E-state index contributed by atoms with van der Waals surface area (Å²) >= 11 is 1.34. The first kappa shape index (κ1) is 18.1. The van der Waals surface area contributed by atoms with E-state index in [2.05, 4.69) is 45.0 Å². The van der Waals surface area contributed by atoms with E-state index in [-0.39, 0.29) is 4.87 Å². The molecule has 5 rings (SSSR count). The van der Waals surface area contributed by atoms with Gasteiger partial charge in [0.15, 0.2) is 0 Å². The molecule has 0 amide bonds. The van der Waals surface area contributed by atoms with Gasteiger partial charge in [-0.1, -0.05) is 17.4 Å². The molecule has 1 spiro atoms. The topological polar surface area (TPSA) is 55.1 Å². The van der Waals surface area contributed by atoms with Crippen LogP contribution in [0.2, 0.25) is 0 Å². The molecule has 1 saturated carbocycles. The van der Waals surface area contributed by atoms with Gasteiger partial charge in [0.1, 0.15) is 5.82 Å². The van der Waals surface area contributed by atoms with Crippen LogP contribution in [0.15, 0.2) is 35.4 Å². The Labute approximate surface area is 168 Å². The molecule has 2 fully saturated rings. The number of hydrogen-bond donors (Lipinski definition) is 1. The number of hydrogen-bond acceptors (Lipinski definition) is 5. The van der Waals surface area contributed by atoms with E-state index in [9.17, 15) is 4.79 Å². The average Bonchev–Trinajstić information content (AvgIpc) is 3.08. The smallest absolute Gasteiger partial charge is 0.307 e. The predicted octanol–water partition coefficient (Wildman–Crippen LogP) is 2.48. The number of nitrogens with one attached hydrogen (secondary N) is 1. The van der Waals surface area contributed by atoms with E-state index in [0.29, 0.717) is 11.5 Å². The fourth-order valence-electron chi connectivity index (χ4n) is 4.82. The monoisotopic (exact) mass is 397 g/mol. The molecule has 3 heterocycles. The summed E-state index contributed by atoms with van der Waals surface area (Å²) in [6.07, 6.45) is 7.74. The molecule has 0 radical (unpaired) electrons. The maximum absolute atomic E-state index is 12.0. The summed E-state index contributed by atoms with van der Waals surface area (Å²) in [6.45, 7) is 4.04. The summed E-state index contributed by atoms with van der Waals surface area (Å²) in [5.74, 6) is 1.11. The molecule has 0 bridgehead atoms. The number of nitrogens with zero attached hydrogens (tertiary/aromatic N) is 4. The Morgan fingerprint density at radius 1 is 1.29 bits per heavy atom. The Morgan fingerprint density at radius 2 is 2.11 bits per heavy atom. The molecular formula is C21H27N5OS. The molecule has 1 aromatic carbocycles. The first-order valence-corrected chi connectivity index (χ1v) is 10.9. The molecule has 148 valence electrons. The highest BCUT2D eigenvalue weighted by atomic mass is 32.1. The standard InChI is InChI=1S/C21H27N5OS/c1-24-10-9-23-19(24)14-26(18-12-21(18)5-7-22-8-6-21)13-15-3-4-16-17(11-15)28-20(27)25(16)2/h3-4,9-11,18,22H,5-8,12-14H2,1-2H3. The van der Waals surface area contributed by atoms with Crippen LogP contribution in [0.4, 0.5) is 0 Å². The second-order valence-corrected chi connectivity index (χ2v) is 9.41. The fourth-order valence-corrected chi connectivity index (χ4v) is 5.77. The van der Waals surface area contributed by atoms with Gasteiger partial charge in [0, 0.05) is 39.1 Å². The van der Waals surface area contributed by atoms with E-state index in [1.807, 2.05) is 19.4 Å². The Kier molecular flexibility index (Phi) is 4.41. The number of fused-ring (bicyclic) bond motifs is 1. The van der Waals surface area contributed by atoms with Gasteiger partial charge >= 0.3 is 4.87 Å². The van der Waals surface area contributed by atoms with E-state index in [1.165, 1.54) is 36.2 Å². The normalized spacial score (nSPS) is 21.0. The predicted molar refractivity (Wildman–Crippen MR) is 112 cm³/mol. The van der Waals surface area contributed by atoms with E-state index in [4.69, 9.17) is 0 Å². The van der Waals surface area contributed by atoms with Crippen LogP contribution in [0.3, 0.4) is 0 Å². The molecule has 1 unspecified atom stereocenters. The molecule has 1 aliphatic heterocycles. The Hall–Kier alpha value is -1.96. The molecule has 1 saturated heterocycles. The highest BCUT2D eigenvalue weighted by Crippen LogP contribution is 2.56. The maximum Gasteiger partial charge on any atom is 0.307 e. The van der Waals surface area contributed by atoms with Crippen LogP contribution >= 0.6 is 11.3 Å². The lowest BCUT2D eigenvalue weighted by Gasteiger charge is -2.29. The number of aryl methyl sites for hydroxylation is 2. The van der Waals surface area contributed by atoms with Crippen LogP contribution in [0, 0.1) is 5.41 Å². The zero-order chi connectivity index (χ0) is 19.3. The van der Waals surface area contributed by atoms with E-state index in [0.717, 1.165) is 42.2 Å². The third-order valence-electron chi connectivity index (χ3n) is 6.69. The quantitative estimate of drug-likeness (QED) is 0.719. The highest BCUT2D eigenvalue weighted by Gasteiger charge is 2.56. The van der Waals surface area contributed by atoms with Crippen molar-refractivity contribution in [3.05, 3.63) is 51.6 Å². The molecule has 2 aliphatic rings. The van der Waals surface area contributed by atoms with E-state index < -0.39 is 0 Å². The molecule has 2 aromatic heterocycles. The van der Waals surface area contributed by atoms with Crippen molar-refractivity contribution >= 4 is 21.6 Å². The minimum atomic E-state index is 0.105. The van der Waals surface area contributed by atoms with Gasteiger partial charge in [-0.15, -0.1) is 0 Å². The van der Waals surface area contributed by atoms with Crippen LogP contribution in [-0.4, -0.2) is 38.1 Å². The lowest BCUT2D eigenvalue weighted by atomic mass is 9.93. The molecule has 1 N–H and O–H groups in total. The SMILES string of the molecule is Cn1ccnc1CN(Cc1ccc2c(c1)sc(=O)n2C)C1CC12CCNCC2. The first-order valence-electron chi connectivity index (χ1n) is 10.1. The molecule has 3 aromatic rings. The highest BCUT2D eigenvalue weighted by molar-refractivity contribution is 7.16. The number of aromatic nitrogens is 3. The molecule has 6 nitrogen and oxygen atoms in total. The van der Waals surface area contributed by atoms with Crippen LogP contribution in [-0.2, 0) is 27.2 Å². The van der Waals surface area contributed by atoms with Gasteiger partial charge < -0.3 is 14.5 Å². The van der Waals surface area contributed by atoms with Crippen molar-refractivity contribution in [2.75, 3.05) is 13.1 Å². The van der Waals surface area contributed by atoms with Gasteiger partial charge in [-0.3, -0.25) is 9.69 Å².